The number of nitrogens with zero attached hydrogens (tertiary/aromatic N) is 3. The monoisotopic (exact) mass is 381 g/mol. The molecule has 2 amide bonds. The Morgan fingerprint density at radius 3 is 2.71 bits per heavy atom. The first-order valence-electron chi connectivity index (χ1n) is 8.51. The van der Waals surface area contributed by atoms with Crippen LogP contribution in [0.5, 0.6) is 0 Å². The highest BCUT2D eigenvalue weighted by Crippen LogP contribution is 2.26. The zero-order valence-corrected chi connectivity index (χ0v) is 14.8. The maximum atomic E-state index is 13.2. The van der Waals surface area contributed by atoms with Gasteiger partial charge in [-0.3, -0.25) is 14.6 Å². The van der Waals surface area contributed by atoms with Gasteiger partial charge in [-0.2, -0.15) is 5.10 Å². The zero-order chi connectivity index (χ0) is 19.8. The number of primary amides is 1. The van der Waals surface area contributed by atoms with Gasteiger partial charge in [-0.15, -0.1) is 0 Å². The molecular formula is C19H16FN5O3. The summed E-state index contributed by atoms with van der Waals surface area (Å²) in [4.78, 5) is 28.7. The maximum Gasteiger partial charge on any atom is 0.271 e. The predicted molar refractivity (Wildman–Crippen MR) is 101 cm³/mol. The minimum Gasteiger partial charge on any atom is -0.441 e. The van der Waals surface area contributed by atoms with Crippen LogP contribution in [0.15, 0.2) is 52.0 Å². The molecule has 0 radical (unpaired) electrons. The molecule has 0 unspecified atom stereocenters. The molecule has 8 nitrogen and oxygen atoms in total. The van der Waals surface area contributed by atoms with Gasteiger partial charge in [0.15, 0.2) is 11.5 Å². The van der Waals surface area contributed by atoms with E-state index in [1.807, 2.05) is 0 Å². The second-order valence-electron chi connectivity index (χ2n) is 6.36. The number of hydrogen-bond acceptors (Lipinski definition) is 6. The molecule has 0 bridgehead atoms. The van der Waals surface area contributed by atoms with Crippen LogP contribution in [0.2, 0.25) is 0 Å². The van der Waals surface area contributed by atoms with Gasteiger partial charge in [0.25, 0.3) is 5.91 Å². The van der Waals surface area contributed by atoms with Gasteiger partial charge < -0.3 is 15.5 Å². The van der Waals surface area contributed by atoms with E-state index < -0.39 is 23.7 Å². The summed E-state index contributed by atoms with van der Waals surface area (Å²) in [6, 6.07) is 9.68. The molecule has 2 heterocycles. The van der Waals surface area contributed by atoms with Crippen molar-refractivity contribution >= 4 is 40.0 Å². The molecule has 3 aromatic rings. The Labute approximate surface area is 158 Å². The fourth-order valence-electron chi connectivity index (χ4n) is 3.02. The largest absolute Gasteiger partial charge is 0.441 e. The molecule has 142 valence electrons. The number of oxazole rings is 1. The maximum absolute atomic E-state index is 13.2. The normalized spacial score (nSPS) is 16.3. The molecule has 0 spiro atoms. The summed E-state index contributed by atoms with van der Waals surface area (Å²) in [6.07, 6.45) is 0.0455. The molecule has 1 atom stereocenters. The molecule has 4 rings (SSSR count). The van der Waals surface area contributed by atoms with Crippen molar-refractivity contribution in [3.05, 3.63) is 54.2 Å². The average molecular weight is 381 g/mol. The summed E-state index contributed by atoms with van der Waals surface area (Å²) < 4.78 is 18.6. The Morgan fingerprint density at radius 1 is 1.25 bits per heavy atom. The van der Waals surface area contributed by atoms with Crippen LogP contribution in [0, 0.1) is 12.7 Å². The molecule has 1 aliphatic heterocycles. The van der Waals surface area contributed by atoms with Gasteiger partial charge in [-0.05, 0) is 42.5 Å². The molecule has 1 aromatic heterocycles. The van der Waals surface area contributed by atoms with Crippen molar-refractivity contribution in [2.24, 2.45) is 10.8 Å². The van der Waals surface area contributed by atoms with Gasteiger partial charge in [0.05, 0.1) is 5.69 Å². The summed E-state index contributed by atoms with van der Waals surface area (Å²) in [5, 5.41) is 8.30. The number of nitrogens with one attached hydrogen (secondary N) is 1. The number of anilines is 2. The third kappa shape index (κ3) is 3.29. The van der Waals surface area contributed by atoms with Gasteiger partial charge >= 0.3 is 0 Å². The molecule has 2 aromatic carbocycles. The van der Waals surface area contributed by atoms with Gasteiger partial charge in [0.2, 0.25) is 5.91 Å². The van der Waals surface area contributed by atoms with E-state index in [4.69, 9.17) is 10.2 Å². The Balaban J connectivity index is 1.57. The van der Waals surface area contributed by atoms with E-state index in [0.717, 1.165) is 0 Å². The van der Waals surface area contributed by atoms with Gasteiger partial charge in [0, 0.05) is 19.0 Å². The third-order valence-electron chi connectivity index (χ3n) is 4.34. The SMILES string of the molecule is Cc1nc2cc(NC(=O)C3=NN(c4ccc(F)cc4)[C@@H](C(N)=O)C3)ccc2o1. The van der Waals surface area contributed by atoms with Crippen LogP contribution in [0.1, 0.15) is 12.3 Å². The molecule has 9 heteroatoms. The number of hydrogen-bond donors (Lipinski definition) is 2. The first kappa shape index (κ1) is 17.7. The number of halogens is 1. The van der Waals surface area contributed by atoms with Crippen molar-refractivity contribution < 1.29 is 18.4 Å². The van der Waals surface area contributed by atoms with Crippen molar-refractivity contribution in [2.75, 3.05) is 10.3 Å². The van der Waals surface area contributed by atoms with E-state index in [9.17, 15) is 14.0 Å². The summed E-state index contributed by atoms with van der Waals surface area (Å²) in [6.45, 7) is 1.74. The average Bonchev–Trinajstić information content (AvgIpc) is 3.25. The highest BCUT2D eigenvalue weighted by Gasteiger charge is 2.35. The van der Waals surface area contributed by atoms with Crippen molar-refractivity contribution in [1.82, 2.24) is 4.98 Å². The van der Waals surface area contributed by atoms with E-state index in [0.29, 0.717) is 28.4 Å². The Morgan fingerprint density at radius 2 is 2.00 bits per heavy atom. The van der Waals surface area contributed by atoms with E-state index in [-0.39, 0.29) is 12.1 Å². The lowest BCUT2D eigenvalue weighted by molar-refractivity contribution is -0.119. The molecule has 3 N–H and O–H groups in total. The molecule has 0 saturated heterocycles. The topological polar surface area (TPSA) is 114 Å². The van der Waals surface area contributed by atoms with Crippen molar-refractivity contribution in [2.45, 2.75) is 19.4 Å². The van der Waals surface area contributed by atoms with Crippen LogP contribution in [-0.4, -0.2) is 28.6 Å². The van der Waals surface area contributed by atoms with Crippen LogP contribution in [0.25, 0.3) is 11.1 Å². The summed E-state index contributed by atoms with van der Waals surface area (Å²) in [7, 11) is 0. The second-order valence-corrected chi connectivity index (χ2v) is 6.36. The van der Waals surface area contributed by atoms with Gasteiger partial charge in [0.1, 0.15) is 23.1 Å². The first-order chi connectivity index (χ1) is 13.4. The van der Waals surface area contributed by atoms with Crippen molar-refractivity contribution in [3.63, 3.8) is 0 Å². The lowest BCUT2D eigenvalue weighted by Crippen LogP contribution is -2.39. The number of amides is 2. The Kier molecular flexibility index (Phi) is 4.26. The zero-order valence-electron chi connectivity index (χ0n) is 14.8. The highest BCUT2D eigenvalue weighted by atomic mass is 19.1. The van der Waals surface area contributed by atoms with E-state index in [1.54, 1.807) is 25.1 Å². The molecular weight excluding hydrogens is 365 g/mol. The number of benzene rings is 2. The van der Waals surface area contributed by atoms with E-state index in [2.05, 4.69) is 15.4 Å². The Bertz CT molecular complexity index is 1110. The number of carbonyl (C=O) groups excluding carboxylic acids is 2. The van der Waals surface area contributed by atoms with Crippen molar-refractivity contribution in [1.29, 1.82) is 0 Å². The van der Waals surface area contributed by atoms with Gasteiger partial charge in [-0.1, -0.05) is 0 Å². The van der Waals surface area contributed by atoms with Crippen molar-refractivity contribution in [3.8, 4) is 0 Å². The molecule has 0 fully saturated rings. The quantitative estimate of drug-likeness (QED) is 0.720. The lowest BCUT2D eigenvalue weighted by atomic mass is 10.1. The molecule has 28 heavy (non-hydrogen) atoms. The van der Waals surface area contributed by atoms with E-state index >= 15 is 0 Å². The summed E-state index contributed by atoms with van der Waals surface area (Å²) >= 11 is 0. The predicted octanol–water partition coefficient (Wildman–Crippen LogP) is 2.33. The number of fused-ring (bicyclic) bond motifs is 1. The standard InChI is InChI=1S/C19H16FN5O3/c1-10-22-14-8-12(4-7-17(14)28-10)23-19(27)15-9-16(18(21)26)25(24-15)13-5-2-11(20)3-6-13/h2-8,16H,9H2,1H3,(H2,21,26)(H,23,27)/t16-/m1/s1. The number of rotatable bonds is 4. The fourth-order valence-corrected chi connectivity index (χ4v) is 3.02. The molecule has 0 aliphatic carbocycles. The van der Waals surface area contributed by atoms with E-state index in [1.165, 1.54) is 29.3 Å². The number of hydrazone groups is 1. The number of nitrogens with two attached hydrogens (primary N) is 1. The number of aryl methyl sites for hydroxylation is 1. The minimum absolute atomic E-state index is 0.0455. The van der Waals surface area contributed by atoms with Gasteiger partial charge in [-0.25, -0.2) is 9.37 Å². The Hall–Kier alpha value is -3.75. The summed E-state index contributed by atoms with van der Waals surface area (Å²) in [5.41, 5.74) is 7.82. The minimum atomic E-state index is -0.827. The highest BCUT2D eigenvalue weighted by molar-refractivity contribution is 6.44. The van der Waals surface area contributed by atoms with Crippen LogP contribution in [0.3, 0.4) is 0 Å². The van der Waals surface area contributed by atoms with Crippen LogP contribution < -0.4 is 16.1 Å². The first-order valence-corrected chi connectivity index (χ1v) is 8.51. The summed E-state index contributed by atoms with van der Waals surface area (Å²) in [5.74, 6) is -0.984. The van der Waals surface area contributed by atoms with Crippen LogP contribution in [-0.2, 0) is 9.59 Å². The third-order valence-corrected chi connectivity index (χ3v) is 4.34. The molecule has 1 aliphatic rings. The van der Waals surface area contributed by atoms with Crippen LogP contribution >= 0.6 is 0 Å². The number of carbonyl (C=O) groups is 2. The second kappa shape index (κ2) is 6.76. The fraction of sp³-hybridized carbons (Fsp3) is 0.158. The molecule has 0 saturated carbocycles. The number of aromatic nitrogens is 1. The lowest BCUT2D eigenvalue weighted by Gasteiger charge is -2.20. The van der Waals surface area contributed by atoms with Crippen LogP contribution in [0.4, 0.5) is 15.8 Å². The smallest absolute Gasteiger partial charge is 0.271 e.